The number of ether oxygens (including phenoxy) is 1. The quantitative estimate of drug-likeness (QED) is 0.870. The number of piperidine rings is 1. The van der Waals surface area contributed by atoms with Gasteiger partial charge in [0.25, 0.3) is 0 Å². The molecule has 2 aliphatic rings. The molecule has 1 N–H and O–H groups in total. The Morgan fingerprint density at radius 1 is 1.15 bits per heavy atom. The lowest BCUT2D eigenvalue weighted by atomic mass is 10.1. The summed E-state index contributed by atoms with van der Waals surface area (Å²) in [5, 5.41) is 3.62. The predicted octanol–water partition coefficient (Wildman–Crippen LogP) is 2.76. The van der Waals surface area contributed by atoms with Gasteiger partial charge < -0.3 is 15.0 Å². The van der Waals surface area contributed by atoms with Gasteiger partial charge in [-0.05, 0) is 38.0 Å². The average Bonchev–Trinajstić information content (AvgIpc) is 3.09. The van der Waals surface area contributed by atoms with Crippen molar-refractivity contribution in [2.75, 3.05) is 49.6 Å². The molecule has 0 aromatic carbocycles. The van der Waals surface area contributed by atoms with Crippen molar-refractivity contribution in [3.63, 3.8) is 0 Å². The Labute approximate surface area is 159 Å². The van der Waals surface area contributed by atoms with Crippen molar-refractivity contribution in [2.24, 2.45) is 0 Å². The molecular weight excluding hydrogens is 346 g/mol. The highest BCUT2D eigenvalue weighted by Gasteiger charge is 2.20. The smallest absolute Gasteiger partial charge is 0.227 e. The molecule has 2 saturated heterocycles. The van der Waals surface area contributed by atoms with Gasteiger partial charge in [-0.2, -0.15) is 4.98 Å². The van der Waals surface area contributed by atoms with Gasteiger partial charge in [0.2, 0.25) is 5.95 Å². The van der Waals surface area contributed by atoms with Crippen molar-refractivity contribution in [2.45, 2.75) is 32.4 Å². The van der Waals surface area contributed by atoms with Crippen LogP contribution >= 0.6 is 11.3 Å². The van der Waals surface area contributed by atoms with Gasteiger partial charge in [0.1, 0.15) is 5.82 Å². The van der Waals surface area contributed by atoms with Crippen molar-refractivity contribution in [1.82, 2.24) is 14.9 Å². The van der Waals surface area contributed by atoms with Crippen LogP contribution in [0.1, 0.15) is 22.6 Å². The second-order valence-electron chi connectivity index (χ2n) is 7.05. The van der Waals surface area contributed by atoms with Crippen LogP contribution in [-0.4, -0.2) is 60.3 Å². The SMILES string of the molecule is Cc1ccc(CN2CCC(Nc3ccnc(N4CCOCC4)n3)CC2)s1. The molecule has 0 spiro atoms. The summed E-state index contributed by atoms with van der Waals surface area (Å²) in [6.45, 7) is 8.77. The van der Waals surface area contributed by atoms with Crippen LogP contribution in [0.2, 0.25) is 0 Å². The van der Waals surface area contributed by atoms with E-state index in [1.54, 1.807) is 0 Å². The van der Waals surface area contributed by atoms with Crippen LogP contribution in [0.5, 0.6) is 0 Å². The fourth-order valence-corrected chi connectivity index (χ4v) is 4.51. The minimum atomic E-state index is 0.490. The first-order valence-electron chi connectivity index (χ1n) is 9.46. The summed E-state index contributed by atoms with van der Waals surface area (Å²) in [6, 6.07) is 6.95. The minimum Gasteiger partial charge on any atom is -0.378 e. The van der Waals surface area contributed by atoms with Crippen molar-refractivity contribution in [1.29, 1.82) is 0 Å². The number of thiophene rings is 1. The Hall–Kier alpha value is -1.70. The number of rotatable bonds is 5. The van der Waals surface area contributed by atoms with Crippen molar-refractivity contribution >= 4 is 23.1 Å². The summed E-state index contributed by atoms with van der Waals surface area (Å²) >= 11 is 1.91. The van der Waals surface area contributed by atoms with Crippen molar-refractivity contribution < 1.29 is 4.74 Å². The third-order valence-electron chi connectivity index (χ3n) is 5.05. The zero-order chi connectivity index (χ0) is 17.8. The van der Waals surface area contributed by atoms with E-state index in [1.165, 1.54) is 9.75 Å². The Balaban J connectivity index is 1.28. The summed E-state index contributed by atoms with van der Waals surface area (Å²) in [4.78, 5) is 16.8. The summed E-state index contributed by atoms with van der Waals surface area (Å²) in [7, 11) is 0. The molecule has 0 saturated carbocycles. The predicted molar refractivity (Wildman–Crippen MR) is 106 cm³/mol. The third kappa shape index (κ3) is 4.52. The van der Waals surface area contributed by atoms with Crippen molar-refractivity contribution in [3.05, 3.63) is 34.2 Å². The van der Waals surface area contributed by atoms with E-state index in [1.807, 2.05) is 23.6 Å². The van der Waals surface area contributed by atoms with Gasteiger partial charge in [0.15, 0.2) is 0 Å². The molecule has 140 valence electrons. The van der Waals surface area contributed by atoms with Crippen LogP contribution in [0.15, 0.2) is 24.4 Å². The highest BCUT2D eigenvalue weighted by molar-refractivity contribution is 7.11. The Bertz CT molecular complexity index is 707. The molecule has 4 rings (SSSR count). The number of likely N-dealkylation sites (tertiary alicyclic amines) is 1. The van der Waals surface area contributed by atoms with Crippen LogP contribution < -0.4 is 10.2 Å². The molecule has 0 amide bonds. The lowest BCUT2D eigenvalue weighted by Gasteiger charge is -2.32. The summed E-state index contributed by atoms with van der Waals surface area (Å²) in [5.74, 6) is 1.75. The molecule has 0 bridgehead atoms. The third-order valence-corrected chi connectivity index (χ3v) is 6.04. The fraction of sp³-hybridized carbons (Fsp3) is 0.579. The molecule has 0 atom stereocenters. The fourth-order valence-electron chi connectivity index (χ4n) is 3.58. The number of hydrogen-bond donors (Lipinski definition) is 1. The van der Waals surface area contributed by atoms with E-state index in [0.717, 1.165) is 70.5 Å². The van der Waals surface area contributed by atoms with Crippen molar-refractivity contribution in [3.8, 4) is 0 Å². The zero-order valence-corrected chi connectivity index (χ0v) is 16.2. The maximum atomic E-state index is 5.41. The van der Waals surface area contributed by atoms with Gasteiger partial charge in [-0.15, -0.1) is 11.3 Å². The van der Waals surface area contributed by atoms with Gasteiger partial charge >= 0.3 is 0 Å². The maximum absolute atomic E-state index is 5.41. The highest BCUT2D eigenvalue weighted by Crippen LogP contribution is 2.21. The average molecular weight is 374 g/mol. The molecule has 2 aliphatic heterocycles. The first-order chi connectivity index (χ1) is 12.8. The molecule has 4 heterocycles. The number of anilines is 2. The number of hydrogen-bond acceptors (Lipinski definition) is 7. The highest BCUT2D eigenvalue weighted by atomic mass is 32.1. The molecule has 0 radical (unpaired) electrons. The van der Waals surface area contributed by atoms with Gasteiger partial charge in [-0.25, -0.2) is 4.98 Å². The number of nitrogens with one attached hydrogen (secondary N) is 1. The summed E-state index contributed by atoms with van der Waals surface area (Å²) in [5.41, 5.74) is 0. The molecule has 2 aromatic heterocycles. The van der Waals surface area contributed by atoms with Gasteiger partial charge in [0, 0.05) is 54.7 Å². The lowest BCUT2D eigenvalue weighted by molar-refractivity contribution is 0.122. The maximum Gasteiger partial charge on any atom is 0.227 e. The minimum absolute atomic E-state index is 0.490. The molecule has 2 fully saturated rings. The first kappa shape index (κ1) is 17.7. The van der Waals surface area contributed by atoms with Crippen LogP contribution in [0.3, 0.4) is 0 Å². The van der Waals surface area contributed by atoms with Crippen LogP contribution in [-0.2, 0) is 11.3 Å². The van der Waals surface area contributed by atoms with E-state index in [9.17, 15) is 0 Å². The summed E-state index contributed by atoms with van der Waals surface area (Å²) < 4.78 is 5.41. The number of nitrogens with zero attached hydrogens (tertiary/aromatic N) is 4. The monoisotopic (exact) mass is 373 g/mol. The number of aryl methyl sites for hydroxylation is 1. The van der Waals surface area contributed by atoms with E-state index in [4.69, 9.17) is 9.72 Å². The van der Waals surface area contributed by atoms with E-state index in [2.05, 4.69) is 39.2 Å². The second kappa shape index (κ2) is 8.33. The molecule has 6 nitrogen and oxygen atoms in total. The van der Waals surface area contributed by atoms with Crippen LogP contribution in [0.4, 0.5) is 11.8 Å². The molecule has 0 aliphatic carbocycles. The second-order valence-corrected chi connectivity index (χ2v) is 8.42. The van der Waals surface area contributed by atoms with E-state index in [0.29, 0.717) is 6.04 Å². The Morgan fingerprint density at radius 2 is 1.96 bits per heavy atom. The van der Waals surface area contributed by atoms with Gasteiger partial charge in [0.05, 0.1) is 13.2 Å². The molecular formula is C19H27N5OS. The molecule has 2 aromatic rings. The van der Waals surface area contributed by atoms with E-state index in [-0.39, 0.29) is 0 Å². The van der Waals surface area contributed by atoms with Crippen LogP contribution in [0.25, 0.3) is 0 Å². The summed E-state index contributed by atoms with van der Waals surface area (Å²) in [6.07, 6.45) is 4.16. The Kier molecular flexibility index (Phi) is 5.67. The van der Waals surface area contributed by atoms with Gasteiger partial charge in [-0.1, -0.05) is 0 Å². The van der Waals surface area contributed by atoms with Crippen LogP contribution in [0, 0.1) is 6.92 Å². The normalized spacial score (nSPS) is 19.7. The van der Waals surface area contributed by atoms with E-state index >= 15 is 0 Å². The first-order valence-corrected chi connectivity index (χ1v) is 10.3. The molecule has 7 heteroatoms. The topological polar surface area (TPSA) is 53.5 Å². The molecule has 0 unspecified atom stereocenters. The van der Waals surface area contributed by atoms with E-state index < -0.39 is 0 Å². The lowest BCUT2D eigenvalue weighted by Crippen LogP contribution is -2.39. The molecule has 26 heavy (non-hydrogen) atoms. The van der Waals surface area contributed by atoms with Gasteiger partial charge in [-0.3, -0.25) is 4.90 Å². The largest absolute Gasteiger partial charge is 0.378 e. The standard InChI is InChI=1S/C19H27N5OS/c1-15-2-3-17(26-15)14-23-8-5-16(6-9-23)21-18-4-7-20-19(22-18)24-10-12-25-13-11-24/h2-4,7,16H,5-6,8-14H2,1H3,(H,20,21,22). The zero-order valence-electron chi connectivity index (χ0n) is 15.4. The number of aromatic nitrogens is 2. The number of morpholine rings is 1. The Morgan fingerprint density at radius 3 is 2.69 bits per heavy atom.